The van der Waals surface area contributed by atoms with E-state index in [4.69, 9.17) is 21.1 Å². The van der Waals surface area contributed by atoms with Gasteiger partial charge in [0, 0.05) is 20.8 Å². The van der Waals surface area contributed by atoms with Gasteiger partial charge >= 0.3 is 0 Å². The summed E-state index contributed by atoms with van der Waals surface area (Å²) in [5.74, 6) is 0.492. The molecule has 0 aliphatic rings. The quantitative estimate of drug-likeness (QED) is 0.591. The molecule has 1 aromatic heterocycles. The lowest BCUT2D eigenvalue weighted by molar-refractivity contribution is 0.181. The zero-order valence-corrected chi connectivity index (χ0v) is 9.54. The number of hydrogen-bond acceptors (Lipinski definition) is 5. The zero-order chi connectivity index (χ0) is 11.1. The molecular formula is C9H14ClN3O2. The fraction of sp³-hybridized carbons (Fsp3) is 0.556. The van der Waals surface area contributed by atoms with Crippen LogP contribution in [0.5, 0.6) is 0 Å². The van der Waals surface area contributed by atoms with E-state index in [9.17, 15) is 0 Å². The standard InChI is InChI=1S/C9H14ClN3O2/c1-14-4-3-11-9-12-7(6-15-2)5-8(10)13-9/h5H,3-4,6H2,1-2H3,(H,11,12,13). The van der Waals surface area contributed by atoms with Gasteiger partial charge in [0.1, 0.15) is 5.15 Å². The van der Waals surface area contributed by atoms with Crippen molar-refractivity contribution >= 4 is 17.5 Å². The summed E-state index contributed by atoms with van der Waals surface area (Å²) in [7, 11) is 3.24. The number of rotatable bonds is 6. The van der Waals surface area contributed by atoms with Crippen LogP contribution in [0.4, 0.5) is 5.95 Å². The monoisotopic (exact) mass is 231 g/mol. The molecule has 1 heterocycles. The molecule has 1 N–H and O–H groups in total. The number of aromatic nitrogens is 2. The Kier molecular flexibility index (Phi) is 5.31. The van der Waals surface area contributed by atoms with Crippen LogP contribution in [0.3, 0.4) is 0 Å². The number of halogens is 1. The van der Waals surface area contributed by atoms with Crippen molar-refractivity contribution < 1.29 is 9.47 Å². The number of methoxy groups -OCH3 is 2. The second kappa shape index (κ2) is 6.55. The second-order valence-corrected chi connectivity index (χ2v) is 3.25. The maximum atomic E-state index is 5.82. The lowest BCUT2D eigenvalue weighted by atomic mass is 10.4. The second-order valence-electron chi connectivity index (χ2n) is 2.86. The fourth-order valence-corrected chi connectivity index (χ4v) is 1.24. The van der Waals surface area contributed by atoms with Crippen LogP contribution in [-0.2, 0) is 16.1 Å². The van der Waals surface area contributed by atoms with Crippen molar-refractivity contribution in [3.63, 3.8) is 0 Å². The van der Waals surface area contributed by atoms with E-state index in [1.54, 1.807) is 20.3 Å². The van der Waals surface area contributed by atoms with Crippen LogP contribution in [0.25, 0.3) is 0 Å². The number of hydrogen-bond donors (Lipinski definition) is 1. The van der Waals surface area contributed by atoms with Crippen molar-refractivity contribution in [2.24, 2.45) is 0 Å². The van der Waals surface area contributed by atoms with Crippen LogP contribution < -0.4 is 5.32 Å². The van der Waals surface area contributed by atoms with Gasteiger partial charge in [0.15, 0.2) is 0 Å². The predicted octanol–water partition coefficient (Wildman–Crippen LogP) is 1.33. The van der Waals surface area contributed by atoms with E-state index in [1.807, 2.05) is 0 Å². The molecule has 84 valence electrons. The van der Waals surface area contributed by atoms with Gasteiger partial charge in [-0.2, -0.15) is 0 Å². The molecule has 0 unspecified atom stereocenters. The molecule has 1 rings (SSSR count). The van der Waals surface area contributed by atoms with Crippen LogP contribution in [0.1, 0.15) is 5.69 Å². The molecule has 0 saturated carbocycles. The highest BCUT2D eigenvalue weighted by molar-refractivity contribution is 6.29. The molecule has 15 heavy (non-hydrogen) atoms. The summed E-state index contributed by atoms with van der Waals surface area (Å²) in [6.45, 7) is 1.65. The zero-order valence-electron chi connectivity index (χ0n) is 8.79. The molecule has 0 radical (unpaired) electrons. The molecule has 0 aromatic carbocycles. The highest BCUT2D eigenvalue weighted by Gasteiger charge is 2.02. The first-order valence-electron chi connectivity index (χ1n) is 4.51. The Labute approximate surface area is 93.8 Å². The SMILES string of the molecule is COCCNc1nc(Cl)cc(COC)n1. The average molecular weight is 232 g/mol. The topological polar surface area (TPSA) is 56.3 Å². The number of anilines is 1. The van der Waals surface area contributed by atoms with E-state index in [2.05, 4.69) is 15.3 Å². The largest absolute Gasteiger partial charge is 0.383 e. The van der Waals surface area contributed by atoms with E-state index in [1.165, 1.54) is 0 Å². The summed E-state index contributed by atoms with van der Waals surface area (Å²) in [5.41, 5.74) is 0.748. The lowest BCUT2D eigenvalue weighted by Gasteiger charge is -2.06. The molecule has 0 aliphatic heterocycles. The Morgan fingerprint density at radius 1 is 1.33 bits per heavy atom. The van der Waals surface area contributed by atoms with Crippen LogP contribution in [0.2, 0.25) is 5.15 Å². The third kappa shape index (κ3) is 4.42. The molecule has 5 nitrogen and oxygen atoms in total. The number of nitrogens with one attached hydrogen (secondary N) is 1. The molecule has 0 saturated heterocycles. The molecule has 6 heteroatoms. The Hall–Kier alpha value is -0.910. The van der Waals surface area contributed by atoms with Gasteiger partial charge < -0.3 is 14.8 Å². The van der Waals surface area contributed by atoms with Crippen molar-refractivity contribution in [2.45, 2.75) is 6.61 Å². The summed E-state index contributed by atoms with van der Waals surface area (Å²) in [5, 5.41) is 3.40. The van der Waals surface area contributed by atoms with E-state index in [0.29, 0.717) is 30.9 Å². The Morgan fingerprint density at radius 3 is 2.80 bits per heavy atom. The van der Waals surface area contributed by atoms with Crippen LogP contribution in [-0.4, -0.2) is 37.3 Å². The molecular weight excluding hydrogens is 218 g/mol. The van der Waals surface area contributed by atoms with Gasteiger partial charge in [0.2, 0.25) is 5.95 Å². The summed E-state index contributed by atoms with van der Waals surface area (Å²) in [6, 6.07) is 1.67. The van der Waals surface area contributed by atoms with E-state index in [-0.39, 0.29) is 0 Å². The van der Waals surface area contributed by atoms with Crippen molar-refractivity contribution in [1.82, 2.24) is 9.97 Å². The lowest BCUT2D eigenvalue weighted by Crippen LogP contribution is -2.11. The maximum absolute atomic E-state index is 5.82. The van der Waals surface area contributed by atoms with Crippen LogP contribution >= 0.6 is 11.6 Å². The highest BCUT2D eigenvalue weighted by atomic mass is 35.5. The minimum atomic E-state index is 0.400. The van der Waals surface area contributed by atoms with Crippen molar-refractivity contribution in [3.8, 4) is 0 Å². The third-order valence-electron chi connectivity index (χ3n) is 1.63. The van der Waals surface area contributed by atoms with E-state index >= 15 is 0 Å². The van der Waals surface area contributed by atoms with Crippen LogP contribution in [0, 0.1) is 0 Å². The first kappa shape index (κ1) is 12.2. The maximum Gasteiger partial charge on any atom is 0.224 e. The van der Waals surface area contributed by atoms with Gasteiger partial charge in [0.25, 0.3) is 0 Å². The first-order valence-corrected chi connectivity index (χ1v) is 4.89. The predicted molar refractivity (Wildman–Crippen MR) is 58.1 cm³/mol. The van der Waals surface area contributed by atoms with E-state index in [0.717, 1.165) is 5.69 Å². The summed E-state index contributed by atoms with van der Waals surface area (Å²) in [6.07, 6.45) is 0. The van der Waals surface area contributed by atoms with E-state index < -0.39 is 0 Å². The number of ether oxygens (including phenoxy) is 2. The molecule has 0 aliphatic carbocycles. The molecule has 0 amide bonds. The summed E-state index contributed by atoms with van der Waals surface area (Å²) < 4.78 is 9.86. The highest BCUT2D eigenvalue weighted by Crippen LogP contribution is 2.10. The normalized spacial score (nSPS) is 10.3. The molecule has 1 aromatic rings. The van der Waals surface area contributed by atoms with Crippen molar-refractivity contribution in [1.29, 1.82) is 0 Å². The first-order chi connectivity index (χ1) is 7.26. The fourth-order valence-electron chi connectivity index (χ4n) is 1.03. The molecule has 0 fully saturated rings. The molecule has 0 bridgehead atoms. The summed E-state index contributed by atoms with van der Waals surface area (Å²) in [4.78, 5) is 8.23. The Balaban J connectivity index is 2.62. The minimum Gasteiger partial charge on any atom is -0.383 e. The van der Waals surface area contributed by atoms with Gasteiger partial charge in [-0.25, -0.2) is 9.97 Å². The Bertz CT molecular complexity index is 309. The van der Waals surface area contributed by atoms with Crippen LogP contribution in [0.15, 0.2) is 6.07 Å². The third-order valence-corrected chi connectivity index (χ3v) is 1.82. The van der Waals surface area contributed by atoms with Crippen molar-refractivity contribution in [2.75, 3.05) is 32.7 Å². The average Bonchev–Trinajstić information content (AvgIpc) is 2.18. The molecule has 0 atom stereocenters. The van der Waals surface area contributed by atoms with Gasteiger partial charge in [-0.1, -0.05) is 11.6 Å². The minimum absolute atomic E-state index is 0.400. The van der Waals surface area contributed by atoms with Gasteiger partial charge in [-0.05, 0) is 6.07 Å². The number of nitrogens with zero attached hydrogens (tertiary/aromatic N) is 2. The Morgan fingerprint density at radius 2 is 2.13 bits per heavy atom. The van der Waals surface area contributed by atoms with Gasteiger partial charge in [0.05, 0.1) is 18.9 Å². The molecule has 0 spiro atoms. The smallest absolute Gasteiger partial charge is 0.224 e. The summed E-state index contributed by atoms with van der Waals surface area (Å²) >= 11 is 5.82. The van der Waals surface area contributed by atoms with Crippen molar-refractivity contribution in [3.05, 3.63) is 16.9 Å². The van der Waals surface area contributed by atoms with Gasteiger partial charge in [-0.3, -0.25) is 0 Å². The van der Waals surface area contributed by atoms with Gasteiger partial charge in [-0.15, -0.1) is 0 Å².